The average molecular weight is 713 g/mol. The maximum absolute atomic E-state index is 13.2. The Morgan fingerprint density at radius 1 is 1.04 bits per heavy atom. The van der Waals surface area contributed by atoms with Crippen LogP contribution in [0.3, 0.4) is 0 Å². The third-order valence-electron chi connectivity index (χ3n) is 8.45. The van der Waals surface area contributed by atoms with E-state index < -0.39 is 33.9 Å². The van der Waals surface area contributed by atoms with E-state index in [1.807, 2.05) is 18.2 Å². The molecule has 1 unspecified atom stereocenters. The van der Waals surface area contributed by atoms with Crippen LogP contribution in [0.5, 0.6) is 0 Å². The number of allylic oxidation sites excluding steroid dienone is 4. The van der Waals surface area contributed by atoms with Crippen molar-refractivity contribution in [3.8, 4) is 11.3 Å². The highest BCUT2D eigenvalue weighted by Crippen LogP contribution is 2.39. The molecule has 0 spiro atoms. The molecule has 1 aliphatic carbocycles. The summed E-state index contributed by atoms with van der Waals surface area (Å²) in [5.41, 5.74) is 5.87. The minimum atomic E-state index is -4.31. The molecule has 0 fully saturated rings. The maximum atomic E-state index is 13.2. The molecule has 0 bridgehead atoms. The van der Waals surface area contributed by atoms with Gasteiger partial charge in [0.05, 0.1) is 17.4 Å². The van der Waals surface area contributed by atoms with Gasteiger partial charge in [-0.1, -0.05) is 92.2 Å². The molecule has 2 atom stereocenters. The summed E-state index contributed by atoms with van der Waals surface area (Å²) in [4.78, 5) is 12.5. The number of hydrogen-bond donors (Lipinski definition) is 2. The second-order valence-corrected chi connectivity index (χ2v) is 15.1. The Labute approximate surface area is 288 Å². The molecule has 49 heavy (non-hydrogen) atoms. The summed E-state index contributed by atoms with van der Waals surface area (Å²) in [6, 6.07) is 22.3. The fourth-order valence-electron chi connectivity index (χ4n) is 5.58. The number of alkyl halides is 3. The van der Waals surface area contributed by atoms with Gasteiger partial charge in [0, 0.05) is 40.2 Å². The fourth-order valence-corrected chi connectivity index (χ4v) is 6.17. The first-order valence-electron chi connectivity index (χ1n) is 15.6. The van der Waals surface area contributed by atoms with Crippen molar-refractivity contribution in [3.05, 3.63) is 130 Å². The molecule has 0 radical (unpaired) electrons. The molecule has 12 heteroatoms. The van der Waals surface area contributed by atoms with E-state index in [4.69, 9.17) is 20.7 Å². The van der Waals surface area contributed by atoms with Crippen LogP contribution in [0.1, 0.15) is 71.4 Å². The number of carbonyl (C=O) groups is 1. The van der Waals surface area contributed by atoms with Gasteiger partial charge in [-0.3, -0.25) is 9.35 Å². The van der Waals surface area contributed by atoms with Crippen molar-refractivity contribution < 1.29 is 35.5 Å². The molecule has 1 aromatic heterocycles. The number of rotatable bonds is 10. The largest absolute Gasteiger partial charge is 0.395 e. The Balaban J connectivity index is 1.41. The molecule has 1 amide bonds. The molecule has 2 N–H and O–H groups in total. The Kier molecular flexibility index (Phi) is 10.6. The van der Waals surface area contributed by atoms with Crippen LogP contribution in [0.15, 0.2) is 95.5 Å². The van der Waals surface area contributed by atoms with Crippen LogP contribution >= 0.6 is 11.6 Å². The quantitative estimate of drug-likeness (QED) is 0.159. The number of carbonyl (C=O) groups excluding carboxylic acids is 1. The van der Waals surface area contributed by atoms with Gasteiger partial charge >= 0.3 is 6.18 Å². The van der Waals surface area contributed by atoms with Crippen LogP contribution in [0.25, 0.3) is 16.9 Å². The number of nitrogens with zero attached hydrogens (tertiary/aromatic N) is 1. The highest BCUT2D eigenvalue weighted by atomic mass is 35.5. The molecule has 0 aliphatic heterocycles. The first-order valence-corrected chi connectivity index (χ1v) is 17.6. The van der Waals surface area contributed by atoms with Crippen molar-refractivity contribution in [2.45, 2.75) is 51.1 Å². The molecule has 0 saturated heterocycles. The number of hydrogen-bond acceptors (Lipinski definition) is 5. The van der Waals surface area contributed by atoms with Crippen molar-refractivity contribution in [1.82, 2.24) is 10.5 Å². The lowest BCUT2D eigenvalue weighted by atomic mass is 9.83. The Morgan fingerprint density at radius 2 is 1.73 bits per heavy atom. The summed E-state index contributed by atoms with van der Waals surface area (Å²) in [5, 5.41) is 7.32. The van der Waals surface area contributed by atoms with Gasteiger partial charge < -0.3 is 9.84 Å². The summed E-state index contributed by atoms with van der Waals surface area (Å²) in [7, 11) is -4.19. The second kappa shape index (κ2) is 14.3. The normalized spacial score (nSPS) is 15.9. The molecule has 258 valence electrons. The van der Waals surface area contributed by atoms with Crippen LogP contribution in [-0.4, -0.2) is 42.5 Å². The van der Waals surface area contributed by atoms with E-state index in [9.17, 15) is 26.4 Å². The summed E-state index contributed by atoms with van der Waals surface area (Å²) < 4.78 is 76.2. The smallest absolute Gasteiger partial charge is 0.356 e. The SMILES string of the molecule is CC(C)(C)c1ccc([C@@H](Cc2ccc(C(=O)NCCS(=O)(=O)O)cc2)c2cc(-c3ccc(Cl)c(C4=CCC(C(F)(F)F)C=C4)c3)on2)cc1. The van der Waals surface area contributed by atoms with Crippen LogP contribution in [0, 0.1) is 5.92 Å². The van der Waals surface area contributed by atoms with Crippen molar-refractivity contribution in [2.75, 3.05) is 12.3 Å². The van der Waals surface area contributed by atoms with Crippen LogP contribution < -0.4 is 5.32 Å². The van der Waals surface area contributed by atoms with Gasteiger partial charge in [0.25, 0.3) is 16.0 Å². The van der Waals surface area contributed by atoms with Crippen LogP contribution in [0.2, 0.25) is 5.02 Å². The van der Waals surface area contributed by atoms with Gasteiger partial charge in [-0.25, -0.2) is 0 Å². The molecule has 3 aromatic carbocycles. The van der Waals surface area contributed by atoms with E-state index in [1.54, 1.807) is 36.4 Å². The van der Waals surface area contributed by atoms with Gasteiger partial charge in [-0.2, -0.15) is 21.6 Å². The predicted octanol–water partition coefficient (Wildman–Crippen LogP) is 8.81. The highest BCUT2D eigenvalue weighted by molar-refractivity contribution is 7.85. The van der Waals surface area contributed by atoms with E-state index in [2.05, 4.69) is 55.5 Å². The minimum absolute atomic E-state index is 0.0459. The molecule has 1 aliphatic rings. The number of halogens is 4. The molecule has 5 rings (SSSR count). The summed E-state index contributed by atoms with van der Waals surface area (Å²) in [5.74, 6) is -2.35. The lowest BCUT2D eigenvalue weighted by molar-refractivity contribution is -0.160. The van der Waals surface area contributed by atoms with Crippen molar-refractivity contribution in [1.29, 1.82) is 0 Å². The zero-order chi connectivity index (χ0) is 35.6. The van der Waals surface area contributed by atoms with Gasteiger partial charge in [0.2, 0.25) is 0 Å². The Morgan fingerprint density at radius 3 is 2.33 bits per heavy atom. The first kappa shape index (κ1) is 36.1. The van der Waals surface area contributed by atoms with Gasteiger partial charge in [-0.15, -0.1) is 0 Å². The third-order valence-corrected chi connectivity index (χ3v) is 9.50. The molecule has 0 saturated carbocycles. The predicted molar refractivity (Wildman–Crippen MR) is 184 cm³/mol. The fraction of sp³-hybridized carbons (Fsp3) is 0.297. The number of amides is 1. The van der Waals surface area contributed by atoms with Crippen molar-refractivity contribution in [2.24, 2.45) is 5.92 Å². The van der Waals surface area contributed by atoms with E-state index in [1.165, 1.54) is 11.6 Å². The zero-order valence-electron chi connectivity index (χ0n) is 27.1. The first-order chi connectivity index (χ1) is 23.0. The van der Waals surface area contributed by atoms with Crippen LogP contribution in [-0.2, 0) is 22.0 Å². The van der Waals surface area contributed by atoms with Crippen molar-refractivity contribution >= 4 is 33.2 Å². The second-order valence-electron chi connectivity index (χ2n) is 13.1. The molecule has 7 nitrogen and oxygen atoms in total. The minimum Gasteiger partial charge on any atom is -0.356 e. The Bertz CT molecular complexity index is 1980. The van der Waals surface area contributed by atoms with Crippen LogP contribution in [0.4, 0.5) is 13.2 Å². The molecule has 1 heterocycles. The van der Waals surface area contributed by atoms with Gasteiger partial charge in [0.1, 0.15) is 0 Å². The number of aromatic nitrogens is 1. The van der Waals surface area contributed by atoms with E-state index in [0.29, 0.717) is 45.2 Å². The third kappa shape index (κ3) is 9.29. The molecular weight excluding hydrogens is 677 g/mol. The average Bonchev–Trinajstić information content (AvgIpc) is 3.53. The van der Waals surface area contributed by atoms with Gasteiger partial charge in [-0.05, 0) is 70.9 Å². The standard InChI is InChI=1S/C37H36ClF3N2O5S/c1-36(2,3)28-13-8-25(9-14-28)31(20-23-4-6-26(7-5-23)35(44)42-18-19-49(45,46)47)33-22-34(48-43-33)27-12-17-32(38)30(21-27)24-10-15-29(16-11-24)37(39,40)41/h4-15,17,21-22,29,31H,16,18-20H2,1-3H3,(H,42,44)(H,45,46,47)/t29?,31-/m1/s1. The summed E-state index contributed by atoms with van der Waals surface area (Å²) in [6.45, 7) is 6.19. The monoisotopic (exact) mass is 712 g/mol. The number of benzene rings is 3. The van der Waals surface area contributed by atoms with E-state index in [0.717, 1.165) is 17.2 Å². The molecule has 4 aromatic rings. The van der Waals surface area contributed by atoms with E-state index >= 15 is 0 Å². The number of nitrogens with one attached hydrogen (secondary N) is 1. The van der Waals surface area contributed by atoms with Gasteiger partial charge in [0.15, 0.2) is 5.76 Å². The lowest BCUT2D eigenvalue weighted by Gasteiger charge is -2.21. The van der Waals surface area contributed by atoms with Crippen molar-refractivity contribution in [3.63, 3.8) is 0 Å². The highest BCUT2D eigenvalue weighted by Gasteiger charge is 2.38. The summed E-state index contributed by atoms with van der Waals surface area (Å²) in [6.07, 6.45) is 0.177. The Hall–Kier alpha value is -4.19. The summed E-state index contributed by atoms with van der Waals surface area (Å²) >= 11 is 6.49. The lowest BCUT2D eigenvalue weighted by Crippen LogP contribution is -2.28. The topological polar surface area (TPSA) is 110 Å². The zero-order valence-corrected chi connectivity index (χ0v) is 28.7. The maximum Gasteiger partial charge on any atom is 0.395 e. The van der Waals surface area contributed by atoms with E-state index in [-0.39, 0.29) is 24.3 Å². The molecular formula is C37H36ClF3N2O5S.